The van der Waals surface area contributed by atoms with E-state index in [1.165, 1.54) is 0 Å². The van der Waals surface area contributed by atoms with Crippen LogP contribution in [0, 0.1) is 0 Å². The Kier molecular flexibility index (Phi) is 7.06. The number of ether oxygens (including phenoxy) is 2. The van der Waals surface area contributed by atoms with Gasteiger partial charge in [-0.15, -0.1) is 0 Å². The number of hydrogen-bond acceptors (Lipinski definition) is 5. The van der Waals surface area contributed by atoms with E-state index in [1.54, 1.807) is 19.4 Å². The normalized spacial score (nSPS) is 10.2. The summed E-state index contributed by atoms with van der Waals surface area (Å²) in [7, 11) is 1.73. The average Bonchev–Trinajstić information content (AvgIpc) is 2.35. The quantitative estimate of drug-likeness (QED) is 0.669. The Hall–Kier alpha value is -1.36. The summed E-state index contributed by atoms with van der Waals surface area (Å²) in [6.45, 7) is 4.26. The number of methoxy groups -OCH3 is 1. The Labute approximate surface area is 103 Å². The fourth-order valence-electron chi connectivity index (χ4n) is 1.40. The van der Waals surface area contributed by atoms with Crippen LogP contribution >= 0.6 is 0 Å². The van der Waals surface area contributed by atoms with Crippen molar-refractivity contribution in [2.45, 2.75) is 26.2 Å². The molecule has 1 aromatic heterocycles. The van der Waals surface area contributed by atoms with E-state index in [2.05, 4.69) is 15.3 Å². The Morgan fingerprint density at radius 2 is 2.18 bits per heavy atom. The van der Waals surface area contributed by atoms with E-state index in [0.29, 0.717) is 18.4 Å². The molecule has 0 aliphatic carbocycles. The van der Waals surface area contributed by atoms with Gasteiger partial charge in [0.2, 0.25) is 11.8 Å². The molecular weight excluding hydrogens is 218 g/mol. The van der Waals surface area contributed by atoms with Crippen LogP contribution in [0.1, 0.15) is 26.2 Å². The number of hydrogen-bond donors (Lipinski definition) is 1. The van der Waals surface area contributed by atoms with Crippen molar-refractivity contribution >= 4 is 5.95 Å². The van der Waals surface area contributed by atoms with Gasteiger partial charge in [0.15, 0.2) is 0 Å². The van der Waals surface area contributed by atoms with Crippen LogP contribution in [0.3, 0.4) is 0 Å². The third-order valence-corrected chi connectivity index (χ3v) is 2.23. The molecule has 0 bridgehead atoms. The van der Waals surface area contributed by atoms with E-state index >= 15 is 0 Å². The lowest BCUT2D eigenvalue weighted by atomic mass is 10.2. The molecule has 0 aliphatic rings. The van der Waals surface area contributed by atoms with E-state index < -0.39 is 0 Å². The highest BCUT2D eigenvalue weighted by Crippen LogP contribution is 2.08. The number of anilines is 1. The van der Waals surface area contributed by atoms with Crippen LogP contribution < -0.4 is 10.1 Å². The Morgan fingerprint density at radius 3 is 2.94 bits per heavy atom. The summed E-state index contributed by atoms with van der Waals surface area (Å²) in [5, 5.41) is 3.18. The minimum atomic E-state index is 0.615. The van der Waals surface area contributed by atoms with Crippen molar-refractivity contribution in [3.8, 4) is 5.88 Å². The zero-order valence-electron chi connectivity index (χ0n) is 10.6. The molecule has 0 unspecified atom stereocenters. The lowest BCUT2D eigenvalue weighted by Crippen LogP contribution is -2.06. The molecule has 0 atom stereocenters. The molecule has 0 amide bonds. The molecule has 17 heavy (non-hydrogen) atoms. The summed E-state index contributed by atoms with van der Waals surface area (Å²) in [6.07, 6.45) is 5.03. The minimum Gasteiger partial charge on any atom is -0.478 e. The van der Waals surface area contributed by atoms with E-state index in [1.807, 2.05) is 6.92 Å². The third kappa shape index (κ3) is 6.06. The van der Waals surface area contributed by atoms with Crippen LogP contribution in [0.2, 0.25) is 0 Å². The molecule has 0 fully saturated rings. The first-order valence-corrected chi connectivity index (χ1v) is 6.05. The summed E-state index contributed by atoms with van der Waals surface area (Å²) < 4.78 is 10.3. The van der Waals surface area contributed by atoms with Gasteiger partial charge in [-0.2, -0.15) is 4.98 Å². The van der Waals surface area contributed by atoms with Gasteiger partial charge in [0.1, 0.15) is 0 Å². The molecule has 0 spiro atoms. The first kappa shape index (κ1) is 13.7. The predicted octanol–water partition coefficient (Wildman–Crippen LogP) is 2.10. The molecule has 0 aromatic carbocycles. The van der Waals surface area contributed by atoms with Gasteiger partial charge < -0.3 is 14.8 Å². The van der Waals surface area contributed by atoms with E-state index in [-0.39, 0.29) is 0 Å². The molecule has 1 rings (SSSR count). The Balaban J connectivity index is 2.19. The van der Waals surface area contributed by atoms with Crippen molar-refractivity contribution in [3.63, 3.8) is 0 Å². The van der Waals surface area contributed by atoms with Gasteiger partial charge in [-0.1, -0.05) is 0 Å². The summed E-state index contributed by atoms with van der Waals surface area (Å²) in [4.78, 5) is 8.36. The number of rotatable bonds is 9. The van der Waals surface area contributed by atoms with Crippen LogP contribution in [-0.4, -0.2) is 36.8 Å². The predicted molar refractivity (Wildman–Crippen MR) is 67.4 cm³/mol. The van der Waals surface area contributed by atoms with Gasteiger partial charge >= 0.3 is 0 Å². The molecule has 0 aliphatic heterocycles. The zero-order chi connectivity index (χ0) is 12.3. The number of nitrogens with one attached hydrogen (secondary N) is 1. The zero-order valence-corrected chi connectivity index (χ0v) is 10.6. The van der Waals surface area contributed by atoms with Gasteiger partial charge in [0, 0.05) is 32.5 Å². The highest BCUT2D eigenvalue weighted by molar-refractivity contribution is 5.27. The van der Waals surface area contributed by atoms with Crippen LogP contribution in [0.25, 0.3) is 0 Å². The molecule has 0 saturated carbocycles. The Morgan fingerprint density at radius 1 is 1.29 bits per heavy atom. The standard InChI is InChI=1S/C12H21N3O2/c1-3-17-11-7-9-14-12(15-11)13-8-5-4-6-10-16-2/h7,9H,3-6,8,10H2,1-2H3,(H,13,14,15). The maximum atomic E-state index is 5.30. The first-order chi connectivity index (χ1) is 8.36. The van der Waals surface area contributed by atoms with Gasteiger partial charge in [-0.05, 0) is 26.2 Å². The van der Waals surface area contributed by atoms with Crippen molar-refractivity contribution in [1.29, 1.82) is 0 Å². The third-order valence-electron chi connectivity index (χ3n) is 2.23. The fourth-order valence-corrected chi connectivity index (χ4v) is 1.40. The second-order valence-corrected chi connectivity index (χ2v) is 3.63. The second-order valence-electron chi connectivity index (χ2n) is 3.63. The summed E-state index contributed by atoms with van der Waals surface area (Å²) in [6, 6.07) is 1.76. The Bertz CT molecular complexity index is 308. The average molecular weight is 239 g/mol. The summed E-state index contributed by atoms with van der Waals surface area (Å²) >= 11 is 0. The number of aromatic nitrogens is 2. The van der Waals surface area contributed by atoms with Crippen LogP contribution in [0.4, 0.5) is 5.95 Å². The lowest BCUT2D eigenvalue weighted by molar-refractivity contribution is 0.192. The van der Waals surface area contributed by atoms with E-state index in [9.17, 15) is 0 Å². The van der Waals surface area contributed by atoms with Crippen molar-refractivity contribution in [2.75, 3.05) is 32.2 Å². The van der Waals surface area contributed by atoms with Crippen molar-refractivity contribution in [1.82, 2.24) is 9.97 Å². The van der Waals surface area contributed by atoms with Gasteiger partial charge in [0.05, 0.1) is 6.61 Å². The molecule has 5 nitrogen and oxygen atoms in total. The van der Waals surface area contributed by atoms with Crippen LogP contribution in [0.15, 0.2) is 12.3 Å². The maximum absolute atomic E-state index is 5.30. The largest absolute Gasteiger partial charge is 0.478 e. The molecule has 5 heteroatoms. The van der Waals surface area contributed by atoms with Crippen LogP contribution in [-0.2, 0) is 4.74 Å². The molecule has 1 aromatic rings. The number of unbranched alkanes of at least 4 members (excludes halogenated alkanes) is 2. The van der Waals surface area contributed by atoms with Gasteiger partial charge in [-0.3, -0.25) is 0 Å². The molecular formula is C12H21N3O2. The molecule has 0 saturated heterocycles. The SMILES string of the molecule is CCOc1ccnc(NCCCCCOC)n1. The van der Waals surface area contributed by atoms with Crippen LogP contribution in [0.5, 0.6) is 5.88 Å². The van der Waals surface area contributed by atoms with Crippen molar-refractivity contribution < 1.29 is 9.47 Å². The van der Waals surface area contributed by atoms with E-state index in [0.717, 1.165) is 32.4 Å². The fraction of sp³-hybridized carbons (Fsp3) is 0.667. The van der Waals surface area contributed by atoms with E-state index in [4.69, 9.17) is 9.47 Å². The topological polar surface area (TPSA) is 56.3 Å². The lowest BCUT2D eigenvalue weighted by Gasteiger charge is -2.06. The summed E-state index contributed by atoms with van der Waals surface area (Å²) in [5.74, 6) is 1.24. The monoisotopic (exact) mass is 239 g/mol. The second kappa shape index (κ2) is 8.75. The molecule has 96 valence electrons. The first-order valence-electron chi connectivity index (χ1n) is 6.05. The maximum Gasteiger partial charge on any atom is 0.225 e. The van der Waals surface area contributed by atoms with Gasteiger partial charge in [-0.25, -0.2) is 4.98 Å². The van der Waals surface area contributed by atoms with Gasteiger partial charge in [0.25, 0.3) is 0 Å². The van der Waals surface area contributed by atoms with Crippen molar-refractivity contribution in [3.05, 3.63) is 12.3 Å². The van der Waals surface area contributed by atoms with Crippen molar-refractivity contribution in [2.24, 2.45) is 0 Å². The number of nitrogens with zero attached hydrogens (tertiary/aromatic N) is 2. The highest BCUT2D eigenvalue weighted by atomic mass is 16.5. The minimum absolute atomic E-state index is 0.615. The molecule has 0 radical (unpaired) electrons. The highest BCUT2D eigenvalue weighted by Gasteiger charge is 1.98. The molecule has 1 heterocycles. The smallest absolute Gasteiger partial charge is 0.225 e. The summed E-state index contributed by atoms with van der Waals surface area (Å²) in [5.41, 5.74) is 0. The molecule has 1 N–H and O–H groups in total.